The highest BCUT2D eigenvalue weighted by molar-refractivity contribution is 7.11. The Hall–Kier alpha value is -3.52. The molecule has 0 saturated heterocycles. The van der Waals surface area contributed by atoms with E-state index in [9.17, 15) is 9.59 Å². The molecule has 1 heterocycles. The molecular formula is C28H35N3O4S. The Morgan fingerprint density at radius 3 is 2.14 bits per heavy atom. The van der Waals surface area contributed by atoms with E-state index in [-0.39, 0.29) is 24.4 Å². The first-order chi connectivity index (χ1) is 17.3. The van der Waals surface area contributed by atoms with Gasteiger partial charge in [-0.15, -0.1) is 11.3 Å². The topological polar surface area (TPSA) is 71.1 Å². The van der Waals surface area contributed by atoms with Crippen molar-refractivity contribution in [2.24, 2.45) is 5.92 Å². The second-order valence-electron chi connectivity index (χ2n) is 9.05. The average molecular weight is 510 g/mol. The quantitative estimate of drug-likeness (QED) is 0.355. The van der Waals surface area contributed by atoms with Crippen LogP contribution in [0.3, 0.4) is 0 Å². The Balaban J connectivity index is 1.79. The fraction of sp³-hybridized carbons (Fsp3) is 0.357. The smallest absolute Gasteiger partial charge is 0.322 e. The zero-order chi connectivity index (χ0) is 26.1. The van der Waals surface area contributed by atoms with Crippen molar-refractivity contribution < 1.29 is 19.1 Å². The zero-order valence-electron chi connectivity index (χ0n) is 21.6. The number of amides is 3. The fourth-order valence-corrected chi connectivity index (χ4v) is 4.71. The predicted molar refractivity (Wildman–Crippen MR) is 145 cm³/mol. The first kappa shape index (κ1) is 27.1. The van der Waals surface area contributed by atoms with Crippen LogP contribution in [0.25, 0.3) is 0 Å². The molecular weight excluding hydrogens is 474 g/mol. The van der Waals surface area contributed by atoms with Crippen LogP contribution < -0.4 is 14.8 Å². The number of urea groups is 1. The molecule has 0 unspecified atom stereocenters. The lowest BCUT2D eigenvalue weighted by molar-refractivity contribution is -0.133. The predicted octanol–water partition coefficient (Wildman–Crippen LogP) is 5.79. The lowest BCUT2D eigenvalue weighted by atomic mass is 10.2. The molecule has 0 radical (unpaired) electrons. The molecule has 1 aromatic heterocycles. The van der Waals surface area contributed by atoms with E-state index >= 15 is 0 Å². The van der Waals surface area contributed by atoms with Crippen LogP contribution in [0.2, 0.25) is 0 Å². The number of nitrogens with one attached hydrogen (secondary N) is 1. The fourth-order valence-electron chi connectivity index (χ4n) is 3.80. The second-order valence-corrected chi connectivity index (χ2v) is 10.4. The highest BCUT2D eigenvalue weighted by Crippen LogP contribution is 2.26. The summed E-state index contributed by atoms with van der Waals surface area (Å²) in [6.07, 6.45) is 0. The van der Waals surface area contributed by atoms with Crippen LogP contribution in [0.5, 0.6) is 11.5 Å². The summed E-state index contributed by atoms with van der Waals surface area (Å²) in [4.78, 5) is 32.6. The normalized spacial score (nSPS) is 10.7. The lowest BCUT2D eigenvalue weighted by Gasteiger charge is -2.29. The third kappa shape index (κ3) is 8.02. The van der Waals surface area contributed by atoms with Gasteiger partial charge in [-0.3, -0.25) is 4.79 Å². The van der Waals surface area contributed by atoms with Crippen LogP contribution in [-0.2, 0) is 17.9 Å². The third-order valence-corrected chi connectivity index (χ3v) is 6.50. The number of thiophene rings is 1. The molecule has 1 N–H and O–H groups in total. The van der Waals surface area contributed by atoms with Gasteiger partial charge in [0.25, 0.3) is 0 Å². The van der Waals surface area contributed by atoms with Crippen molar-refractivity contribution in [3.63, 3.8) is 0 Å². The summed E-state index contributed by atoms with van der Waals surface area (Å²) in [5.41, 5.74) is 1.58. The van der Waals surface area contributed by atoms with Gasteiger partial charge in [-0.1, -0.05) is 44.2 Å². The number of methoxy groups -OCH3 is 2. The van der Waals surface area contributed by atoms with Crippen molar-refractivity contribution in [2.45, 2.75) is 33.9 Å². The first-order valence-corrected chi connectivity index (χ1v) is 12.7. The Labute approximate surface area is 217 Å². The molecule has 0 spiro atoms. The number of rotatable bonds is 11. The van der Waals surface area contributed by atoms with Crippen LogP contribution in [-0.4, -0.2) is 49.0 Å². The Morgan fingerprint density at radius 1 is 0.917 bits per heavy atom. The number of carbonyl (C=O) groups is 2. The summed E-state index contributed by atoms with van der Waals surface area (Å²) in [5, 5.41) is 2.90. The van der Waals surface area contributed by atoms with E-state index in [1.54, 1.807) is 48.7 Å². The molecule has 0 fully saturated rings. The Bertz CT molecular complexity index is 1120. The first-order valence-electron chi connectivity index (χ1n) is 11.9. The second kappa shape index (κ2) is 13.0. The standard InChI is InChI=1S/C28H35N3O4S/c1-20(2)16-31(28(33)29-23-13-24(34-4)15-25(14-23)35-5)19-27(32)30(17-22-9-7-6-8-10-22)18-26-12-11-21(3)36-26/h6-15,20H,16-19H2,1-5H3,(H,29,33). The van der Waals surface area contributed by atoms with Gasteiger partial charge in [-0.25, -0.2) is 4.79 Å². The highest BCUT2D eigenvalue weighted by Gasteiger charge is 2.23. The summed E-state index contributed by atoms with van der Waals surface area (Å²) in [5.74, 6) is 1.21. The molecule has 3 amide bonds. The number of benzene rings is 2. The van der Waals surface area contributed by atoms with E-state index in [1.165, 1.54) is 4.88 Å². The minimum atomic E-state index is -0.348. The minimum Gasteiger partial charge on any atom is -0.497 e. The minimum absolute atomic E-state index is 0.0255. The van der Waals surface area contributed by atoms with Gasteiger partial charge in [0.2, 0.25) is 5.91 Å². The van der Waals surface area contributed by atoms with Gasteiger partial charge in [0.1, 0.15) is 18.0 Å². The molecule has 8 heteroatoms. The number of hydrogen-bond donors (Lipinski definition) is 1. The number of anilines is 1. The van der Waals surface area contributed by atoms with Crippen molar-refractivity contribution in [3.8, 4) is 11.5 Å². The number of ether oxygens (including phenoxy) is 2. The summed E-state index contributed by atoms with van der Waals surface area (Å²) in [6, 6.07) is 18.9. The van der Waals surface area contributed by atoms with E-state index in [1.807, 2.05) is 49.1 Å². The maximum Gasteiger partial charge on any atom is 0.322 e. The van der Waals surface area contributed by atoms with E-state index < -0.39 is 0 Å². The van der Waals surface area contributed by atoms with Crippen LogP contribution >= 0.6 is 11.3 Å². The lowest BCUT2D eigenvalue weighted by Crippen LogP contribution is -2.45. The van der Waals surface area contributed by atoms with Gasteiger partial charge in [0, 0.05) is 46.7 Å². The molecule has 0 saturated carbocycles. The van der Waals surface area contributed by atoms with Crippen LogP contribution in [0.1, 0.15) is 29.2 Å². The molecule has 3 aromatic rings. The van der Waals surface area contributed by atoms with E-state index in [0.29, 0.717) is 36.8 Å². The van der Waals surface area contributed by atoms with Crippen molar-refractivity contribution >= 4 is 29.0 Å². The average Bonchev–Trinajstić information content (AvgIpc) is 3.27. The summed E-state index contributed by atoms with van der Waals surface area (Å²) in [7, 11) is 3.11. The van der Waals surface area contributed by atoms with Crippen LogP contribution in [0.4, 0.5) is 10.5 Å². The van der Waals surface area contributed by atoms with Gasteiger partial charge >= 0.3 is 6.03 Å². The van der Waals surface area contributed by atoms with E-state index in [0.717, 1.165) is 10.4 Å². The largest absolute Gasteiger partial charge is 0.497 e. The molecule has 7 nitrogen and oxygen atoms in total. The van der Waals surface area contributed by atoms with Crippen LogP contribution in [0.15, 0.2) is 60.7 Å². The van der Waals surface area contributed by atoms with Crippen molar-refractivity contribution in [2.75, 3.05) is 32.6 Å². The SMILES string of the molecule is COc1cc(NC(=O)N(CC(=O)N(Cc2ccccc2)Cc2ccc(C)s2)CC(C)C)cc(OC)c1. The monoisotopic (exact) mass is 509 g/mol. The number of nitrogens with zero attached hydrogens (tertiary/aromatic N) is 2. The summed E-state index contributed by atoms with van der Waals surface area (Å²) >= 11 is 1.68. The molecule has 36 heavy (non-hydrogen) atoms. The van der Waals surface area contributed by atoms with E-state index in [4.69, 9.17) is 9.47 Å². The summed E-state index contributed by atoms with van der Waals surface area (Å²) < 4.78 is 10.6. The molecule has 0 aliphatic carbocycles. The van der Waals surface area contributed by atoms with E-state index in [2.05, 4.69) is 24.4 Å². The number of carbonyl (C=O) groups excluding carboxylic acids is 2. The number of hydrogen-bond acceptors (Lipinski definition) is 5. The van der Waals surface area contributed by atoms with Gasteiger partial charge in [0.15, 0.2) is 0 Å². The van der Waals surface area contributed by atoms with Crippen molar-refractivity contribution in [3.05, 3.63) is 76.0 Å². The van der Waals surface area contributed by atoms with Crippen molar-refractivity contribution in [1.82, 2.24) is 9.80 Å². The van der Waals surface area contributed by atoms with Crippen molar-refractivity contribution in [1.29, 1.82) is 0 Å². The summed E-state index contributed by atoms with van der Waals surface area (Å²) in [6.45, 7) is 7.49. The third-order valence-electron chi connectivity index (χ3n) is 5.51. The molecule has 0 atom stereocenters. The van der Waals surface area contributed by atoms with Gasteiger partial charge in [0.05, 0.1) is 20.8 Å². The van der Waals surface area contributed by atoms with Gasteiger partial charge in [-0.2, -0.15) is 0 Å². The van der Waals surface area contributed by atoms with Gasteiger partial charge in [-0.05, 0) is 30.5 Å². The molecule has 3 rings (SSSR count). The van der Waals surface area contributed by atoms with Gasteiger partial charge < -0.3 is 24.6 Å². The van der Waals surface area contributed by atoms with Crippen LogP contribution in [0, 0.1) is 12.8 Å². The Kier molecular flexibility index (Phi) is 9.76. The maximum atomic E-state index is 13.6. The molecule has 2 aromatic carbocycles. The zero-order valence-corrected chi connectivity index (χ0v) is 22.4. The maximum absolute atomic E-state index is 13.6. The highest BCUT2D eigenvalue weighted by atomic mass is 32.1. The molecule has 0 bridgehead atoms. The molecule has 0 aliphatic heterocycles. The number of aryl methyl sites for hydroxylation is 1. The molecule has 0 aliphatic rings. The Morgan fingerprint density at radius 2 is 1.58 bits per heavy atom. The molecule has 192 valence electrons.